The maximum absolute atomic E-state index is 14.2. The molecule has 0 amide bonds. The first-order chi connectivity index (χ1) is 9.37. The summed E-state index contributed by atoms with van der Waals surface area (Å²) >= 11 is 0. The molecule has 0 saturated heterocycles. The molecule has 3 rings (SSSR count). The molecule has 118 valence electrons. The lowest BCUT2D eigenvalue weighted by molar-refractivity contribution is -0.144. The van der Waals surface area contributed by atoms with Crippen molar-refractivity contribution in [3.63, 3.8) is 0 Å². The van der Waals surface area contributed by atoms with Gasteiger partial charge in [0.2, 0.25) is 0 Å². The van der Waals surface area contributed by atoms with Gasteiger partial charge in [0.15, 0.2) is 0 Å². The molecular weight excluding hydrogens is 292 g/mol. The van der Waals surface area contributed by atoms with E-state index in [1.165, 1.54) is 6.92 Å². The summed E-state index contributed by atoms with van der Waals surface area (Å²) in [5.74, 6) is -4.76. The van der Waals surface area contributed by atoms with E-state index in [1.807, 2.05) is 0 Å². The smallest absolute Gasteiger partial charge is 0.327 e. The lowest BCUT2D eigenvalue weighted by Gasteiger charge is -2.15. The molecule has 0 N–H and O–H groups in total. The first kappa shape index (κ1) is 15.8. The van der Waals surface area contributed by atoms with Crippen LogP contribution in [0.3, 0.4) is 0 Å². The number of aromatic nitrogens is 2. The van der Waals surface area contributed by atoms with E-state index in [1.54, 1.807) is 6.92 Å². The lowest BCUT2D eigenvalue weighted by Crippen LogP contribution is -2.23. The average molecular weight is 308 g/mol. The second-order valence-corrected chi connectivity index (χ2v) is 5.30. The summed E-state index contributed by atoms with van der Waals surface area (Å²) in [6, 6.07) is 0. The molecular formula is C13H16F4N2O2. The van der Waals surface area contributed by atoms with Crippen molar-refractivity contribution < 1.29 is 27.4 Å². The average Bonchev–Trinajstić information content (AvgIpc) is 3.00. The Labute approximate surface area is 118 Å². The zero-order valence-electron chi connectivity index (χ0n) is 11.6. The van der Waals surface area contributed by atoms with Gasteiger partial charge in [-0.2, -0.15) is 13.9 Å². The highest BCUT2D eigenvalue weighted by molar-refractivity contribution is 5.69. The second kappa shape index (κ2) is 4.99. The molecule has 3 atom stereocenters. The highest BCUT2D eigenvalue weighted by atomic mass is 19.3. The number of fused-ring (bicyclic) bond motifs is 3. The van der Waals surface area contributed by atoms with Crippen molar-refractivity contribution in [2.75, 3.05) is 6.61 Å². The summed E-state index contributed by atoms with van der Waals surface area (Å²) in [7, 11) is 0. The Morgan fingerprint density at radius 2 is 2.24 bits per heavy atom. The van der Waals surface area contributed by atoms with Crippen molar-refractivity contribution >= 4 is 5.97 Å². The van der Waals surface area contributed by atoms with Crippen LogP contribution in [0, 0.1) is 5.92 Å². The molecule has 1 fully saturated rings. The number of esters is 1. The third-order valence-electron chi connectivity index (χ3n) is 3.92. The quantitative estimate of drug-likeness (QED) is 0.634. The minimum Gasteiger partial charge on any atom is -0.465 e. The first-order valence-electron chi connectivity index (χ1n) is 6.66. The summed E-state index contributed by atoms with van der Waals surface area (Å²) in [5, 5.41) is 3.89. The molecule has 2 aliphatic carbocycles. The van der Waals surface area contributed by atoms with Gasteiger partial charge in [0.25, 0.3) is 5.92 Å². The zero-order valence-corrected chi connectivity index (χ0v) is 11.6. The van der Waals surface area contributed by atoms with Gasteiger partial charge in [-0.25, -0.2) is 4.39 Å². The molecule has 3 unspecified atom stereocenters. The van der Waals surface area contributed by atoms with E-state index in [0.717, 1.165) is 4.68 Å². The summed E-state index contributed by atoms with van der Waals surface area (Å²) in [4.78, 5) is 11.5. The number of alkyl halides is 3. The number of hydrogen-bond donors (Lipinski definition) is 0. The van der Waals surface area contributed by atoms with Crippen molar-refractivity contribution in [3.05, 3.63) is 17.0 Å². The molecule has 2 aliphatic rings. The van der Waals surface area contributed by atoms with E-state index in [4.69, 9.17) is 4.74 Å². The van der Waals surface area contributed by atoms with E-state index < -0.39 is 30.5 Å². The van der Waals surface area contributed by atoms with Crippen LogP contribution in [0.4, 0.5) is 17.9 Å². The largest absolute Gasteiger partial charge is 0.465 e. The van der Waals surface area contributed by atoms with Gasteiger partial charge in [0.1, 0.15) is 24.1 Å². The summed E-state index contributed by atoms with van der Waals surface area (Å²) < 4.78 is 47.7. The van der Waals surface area contributed by atoms with E-state index in [9.17, 15) is 18.0 Å². The third kappa shape index (κ3) is 2.20. The van der Waals surface area contributed by atoms with Gasteiger partial charge in [-0.05, 0) is 26.2 Å². The first-order valence-corrected chi connectivity index (χ1v) is 6.66. The Morgan fingerprint density at radius 3 is 2.81 bits per heavy atom. The van der Waals surface area contributed by atoms with Crippen molar-refractivity contribution in [1.82, 2.24) is 9.78 Å². The predicted molar refractivity (Wildman–Crippen MR) is 65.6 cm³/mol. The molecule has 1 aromatic heterocycles. The van der Waals surface area contributed by atoms with Crippen molar-refractivity contribution in [1.29, 1.82) is 0 Å². The van der Waals surface area contributed by atoms with Crippen molar-refractivity contribution in [2.45, 2.75) is 44.8 Å². The van der Waals surface area contributed by atoms with E-state index >= 15 is 0 Å². The highest BCUT2D eigenvalue weighted by Gasteiger charge is 2.66. The van der Waals surface area contributed by atoms with Crippen molar-refractivity contribution in [2.24, 2.45) is 5.92 Å². The van der Waals surface area contributed by atoms with Gasteiger partial charge in [0, 0.05) is 11.5 Å². The Bertz CT molecular complexity index is 571. The molecule has 4 nitrogen and oxygen atoms in total. The number of carbonyl (C=O) groups is 1. The summed E-state index contributed by atoms with van der Waals surface area (Å²) in [6.45, 7) is 2.66. The highest BCUT2D eigenvalue weighted by Crippen LogP contribution is 2.68. The topological polar surface area (TPSA) is 44.1 Å². The van der Waals surface area contributed by atoms with Crippen molar-refractivity contribution in [3.8, 4) is 0 Å². The SMILES string of the molecule is CCOC(=O)Cn1nc(C(C)F)c2c1C(F)(F)C1CC21.F. The zero-order chi connectivity index (χ0) is 14.7. The number of hydrogen-bond acceptors (Lipinski definition) is 3. The molecule has 1 heterocycles. The number of ether oxygens (including phenoxy) is 1. The van der Waals surface area contributed by atoms with Gasteiger partial charge in [-0.15, -0.1) is 0 Å². The predicted octanol–water partition coefficient (Wildman–Crippen LogP) is 2.84. The van der Waals surface area contributed by atoms with Gasteiger partial charge in [-0.1, -0.05) is 0 Å². The number of halogens is 4. The van der Waals surface area contributed by atoms with Crippen LogP contribution >= 0.6 is 0 Å². The van der Waals surface area contributed by atoms with Gasteiger partial charge in [-0.3, -0.25) is 14.2 Å². The monoisotopic (exact) mass is 308 g/mol. The minimum atomic E-state index is -3.04. The second-order valence-electron chi connectivity index (χ2n) is 5.30. The van der Waals surface area contributed by atoms with Crippen LogP contribution < -0.4 is 0 Å². The number of nitrogens with zero attached hydrogens (tertiary/aromatic N) is 2. The summed E-state index contributed by atoms with van der Waals surface area (Å²) in [6.07, 6.45) is -1.06. The molecule has 1 aromatic rings. The Kier molecular flexibility index (Phi) is 3.75. The van der Waals surface area contributed by atoms with Crippen LogP contribution in [0.5, 0.6) is 0 Å². The third-order valence-corrected chi connectivity index (χ3v) is 3.92. The lowest BCUT2D eigenvalue weighted by atomic mass is 10.1. The Balaban J connectivity index is 0.00000161. The van der Waals surface area contributed by atoms with E-state index in [-0.39, 0.29) is 28.6 Å². The molecule has 1 saturated carbocycles. The Hall–Kier alpha value is -1.60. The number of rotatable bonds is 4. The molecule has 21 heavy (non-hydrogen) atoms. The maximum Gasteiger partial charge on any atom is 0.327 e. The van der Waals surface area contributed by atoms with Gasteiger partial charge >= 0.3 is 5.97 Å². The van der Waals surface area contributed by atoms with Crippen LogP contribution in [-0.4, -0.2) is 22.4 Å². The van der Waals surface area contributed by atoms with Crippen LogP contribution in [0.15, 0.2) is 0 Å². The normalized spacial score (nSPS) is 25.6. The van der Waals surface area contributed by atoms with Crippen LogP contribution in [-0.2, 0) is 22.0 Å². The molecule has 0 bridgehead atoms. The fourth-order valence-electron chi connectivity index (χ4n) is 3.04. The van der Waals surface area contributed by atoms with Crippen LogP contribution in [0.25, 0.3) is 0 Å². The molecule has 0 spiro atoms. The molecule has 8 heteroatoms. The molecule has 0 radical (unpaired) electrons. The standard InChI is InChI=1S/C13H15F3N2O2.FH/c1-3-20-9(19)5-18-12-10(11(17-18)6(2)14)7-4-8(7)13(12,15)16;/h6-8H,3-5H2,1-2H3;1H. The van der Waals surface area contributed by atoms with Crippen LogP contribution in [0.2, 0.25) is 0 Å². The summed E-state index contributed by atoms with van der Waals surface area (Å²) in [5.41, 5.74) is 0.0413. The van der Waals surface area contributed by atoms with Gasteiger partial charge < -0.3 is 4.74 Å². The minimum absolute atomic E-state index is 0. The number of carbonyl (C=O) groups excluding carboxylic acids is 1. The van der Waals surface area contributed by atoms with Crippen LogP contribution in [0.1, 0.15) is 49.3 Å². The van der Waals surface area contributed by atoms with E-state index in [0.29, 0.717) is 12.0 Å². The van der Waals surface area contributed by atoms with E-state index in [2.05, 4.69) is 5.10 Å². The van der Waals surface area contributed by atoms with Gasteiger partial charge in [0.05, 0.1) is 6.61 Å². The maximum atomic E-state index is 14.2. The fraction of sp³-hybridized carbons (Fsp3) is 0.692. The Morgan fingerprint density at radius 1 is 1.57 bits per heavy atom. The fourth-order valence-corrected chi connectivity index (χ4v) is 3.04. The molecule has 0 aromatic carbocycles. The molecule has 0 aliphatic heterocycles.